The first-order valence-corrected chi connectivity index (χ1v) is 4.85. The van der Waals surface area contributed by atoms with Crippen molar-refractivity contribution in [2.24, 2.45) is 0 Å². The largest absolute Gasteiger partial charge is 0.398 e. The van der Waals surface area contributed by atoms with Gasteiger partial charge < -0.3 is 5.73 Å². The minimum absolute atomic E-state index is 0.441. The molecule has 0 atom stereocenters. The smallest absolute Gasteiger partial charge is 0.138 e. The van der Waals surface area contributed by atoms with E-state index < -0.39 is 0 Å². The van der Waals surface area contributed by atoms with Crippen LogP contribution in [0.3, 0.4) is 0 Å². The molecule has 2 nitrogen and oxygen atoms in total. The minimum Gasteiger partial charge on any atom is -0.398 e. The number of fused-ring (bicyclic) bond motifs is 1. The quantitative estimate of drug-likeness (QED) is 0.581. The molecule has 0 unspecified atom stereocenters. The lowest BCUT2D eigenvalue weighted by molar-refractivity contribution is 1.35. The molecule has 1 aromatic heterocycles. The molecule has 0 aliphatic rings. The van der Waals surface area contributed by atoms with Crippen LogP contribution in [-0.4, -0.2) is 4.98 Å². The van der Waals surface area contributed by atoms with Gasteiger partial charge in [-0.1, -0.05) is 23.7 Å². The average molecular weight is 258 g/mol. The standard InChI is InChI=1S/C9H6BrClN2/c10-6-4-13-9(11)8-5(6)2-1-3-7(8)12/h1-4H,12H2. The van der Waals surface area contributed by atoms with Crippen LogP contribution in [0.4, 0.5) is 5.69 Å². The second-order valence-corrected chi connectivity index (χ2v) is 3.88. The molecule has 0 fully saturated rings. The minimum atomic E-state index is 0.441. The fourth-order valence-corrected chi connectivity index (χ4v) is 1.94. The summed E-state index contributed by atoms with van der Waals surface area (Å²) < 4.78 is 0.902. The summed E-state index contributed by atoms with van der Waals surface area (Å²) in [4.78, 5) is 4.01. The number of benzene rings is 1. The molecule has 0 amide bonds. The maximum Gasteiger partial charge on any atom is 0.138 e. The Morgan fingerprint density at radius 3 is 2.85 bits per heavy atom. The van der Waals surface area contributed by atoms with Crippen molar-refractivity contribution in [3.05, 3.63) is 34.0 Å². The van der Waals surface area contributed by atoms with Gasteiger partial charge in [0.2, 0.25) is 0 Å². The topological polar surface area (TPSA) is 38.9 Å². The average Bonchev–Trinajstić information content (AvgIpc) is 2.12. The third-order valence-electron chi connectivity index (χ3n) is 1.85. The molecule has 0 spiro atoms. The summed E-state index contributed by atoms with van der Waals surface area (Å²) in [6, 6.07) is 5.64. The number of rotatable bonds is 0. The highest BCUT2D eigenvalue weighted by Gasteiger charge is 2.06. The van der Waals surface area contributed by atoms with Crippen LogP contribution in [0, 0.1) is 0 Å². The van der Waals surface area contributed by atoms with Crippen LogP contribution in [-0.2, 0) is 0 Å². The van der Waals surface area contributed by atoms with Gasteiger partial charge in [0.05, 0.1) is 0 Å². The number of nitrogens with two attached hydrogens (primary N) is 1. The summed E-state index contributed by atoms with van der Waals surface area (Å²) in [5.41, 5.74) is 6.43. The number of hydrogen-bond donors (Lipinski definition) is 1. The van der Waals surface area contributed by atoms with E-state index in [9.17, 15) is 0 Å². The van der Waals surface area contributed by atoms with Crippen LogP contribution in [0.15, 0.2) is 28.9 Å². The zero-order chi connectivity index (χ0) is 9.42. The number of nitrogen functional groups attached to an aromatic ring is 1. The molecule has 0 aliphatic heterocycles. The Morgan fingerprint density at radius 2 is 2.15 bits per heavy atom. The molecule has 0 saturated carbocycles. The highest BCUT2D eigenvalue weighted by atomic mass is 79.9. The van der Waals surface area contributed by atoms with Crippen LogP contribution in [0.5, 0.6) is 0 Å². The molecule has 4 heteroatoms. The van der Waals surface area contributed by atoms with Gasteiger partial charge in [-0.2, -0.15) is 0 Å². The van der Waals surface area contributed by atoms with Crippen molar-refractivity contribution in [3.63, 3.8) is 0 Å². The van der Waals surface area contributed by atoms with Gasteiger partial charge in [0.15, 0.2) is 0 Å². The third-order valence-corrected chi connectivity index (χ3v) is 2.77. The third kappa shape index (κ3) is 1.38. The Hall–Kier alpha value is -0.800. The fourth-order valence-electron chi connectivity index (χ4n) is 1.25. The van der Waals surface area contributed by atoms with Gasteiger partial charge in [-0.25, -0.2) is 4.98 Å². The van der Waals surface area contributed by atoms with E-state index in [0.29, 0.717) is 10.8 Å². The number of nitrogens with zero attached hydrogens (tertiary/aromatic N) is 1. The number of pyridine rings is 1. The maximum atomic E-state index is 5.92. The van der Waals surface area contributed by atoms with Gasteiger partial charge in [0.1, 0.15) is 5.15 Å². The van der Waals surface area contributed by atoms with E-state index in [1.54, 1.807) is 6.20 Å². The van der Waals surface area contributed by atoms with Gasteiger partial charge in [0, 0.05) is 27.1 Å². The lowest BCUT2D eigenvalue weighted by Gasteiger charge is -2.04. The molecule has 1 heterocycles. The molecular weight excluding hydrogens is 251 g/mol. The van der Waals surface area contributed by atoms with E-state index in [2.05, 4.69) is 20.9 Å². The Kier molecular flexibility index (Phi) is 2.14. The normalized spacial score (nSPS) is 10.6. The SMILES string of the molecule is Nc1cccc2c(Br)cnc(Cl)c12. The van der Waals surface area contributed by atoms with Gasteiger partial charge in [-0.05, 0) is 22.0 Å². The van der Waals surface area contributed by atoms with E-state index >= 15 is 0 Å². The molecule has 2 rings (SSSR count). The Labute approximate surface area is 88.8 Å². The molecule has 0 aliphatic carbocycles. The van der Waals surface area contributed by atoms with E-state index in [4.69, 9.17) is 17.3 Å². The van der Waals surface area contributed by atoms with Gasteiger partial charge >= 0.3 is 0 Å². The van der Waals surface area contributed by atoms with Crippen molar-refractivity contribution in [2.45, 2.75) is 0 Å². The van der Waals surface area contributed by atoms with Crippen molar-refractivity contribution in [1.82, 2.24) is 4.98 Å². The zero-order valence-corrected chi connectivity index (χ0v) is 8.93. The molecule has 13 heavy (non-hydrogen) atoms. The maximum absolute atomic E-state index is 5.92. The number of anilines is 1. The van der Waals surface area contributed by atoms with Crippen LogP contribution in [0.2, 0.25) is 5.15 Å². The van der Waals surface area contributed by atoms with E-state index in [-0.39, 0.29) is 0 Å². The molecule has 0 bridgehead atoms. The molecule has 1 aromatic carbocycles. The van der Waals surface area contributed by atoms with E-state index in [0.717, 1.165) is 15.2 Å². The summed E-state index contributed by atoms with van der Waals surface area (Å²) in [6.07, 6.45) is 1.67. The predicted molar refractivity (Wildman–Crippen MR) is 58.9 cm³/mol. The van der Waals surface area contributed by atoms with Crippen LogP contribution in [0.1, 0.15) is 0 Å². The van der Waals surface area contributed by atoms with Crippen molar-refractivity contribution in [3.8, 4) is 0 Å². The first-order valence-electron chi connectivity index (χ1n) is 3.68. The summed E-state index contributed by atoms with van der Waals surface area (Å²) in [6.45, 7) is 0. The lowest BCUT2D eigenvalue weighted by Crippen LogP contribution is -1.89. The molecule has 0 radical (unpaired) electrons. The van der Waals surface area contributed by atoms with Crippen molar-refractivity contribution < 1.29 is 0 Å². The zero-order valence-electron chi connectivity index (χ0n) is 6.59. The van der Waals surface area contributed by atoms with E-state index in [1.165, 1.54) is 0 Å². The molecule has 2 aromatic rings. The summed E-state index contributed by atoms with van der Waals surface area (Å²) in [5, 5.41) is 2.23. The van der Waals surface area contributed by atoms with E-state index in [1.807, 2.05) is 18.2 Å². The second kappa shape index (κ2) is 3.16. The first-order chi connectivity index (χ1) is 6.20. The van der Waals surface area contributed by atoms with Gasteiger partial charge in [-0.3, -0.25) is 0 Å². The van der Waals surface area contributed by atoms with Crippen molar-refractivity contribution in [2.75, 3.05) is 5.73 Å². The summed E-state index contributed by atoms with van der Waals surface area (Å²) in [7, 11) is 0. The van der Waals surface area contributed by atoms with Gasteiger partial charge in [-0.15, -0.1) is 0 Å². The number of hydrogen-bond acceptors (Lipinski definition) is 2. The van der Waals surface area contributed by atoms with Crippen molar-refractivity contribution in [1.29, 1.82) is 0 Å². The Bertz CT molecular complexity index is 462. The number of halogens is 2. The van der Waals surface area contributed by atoms with Crippen LogP contribution in [0.25, 0.3) is 10.8 Å². The predicted octanol–water partition coefficient (Wildman–Crippen LogP) is 3.23. The molecule has 2 N–H and O–H groups in total. The molecular formula is C9H6BrClN2. The first kappa shape index (κ1) is 8.78. The van der Waals surface area contributed by atoms with Crippen LogP contribution < -0.4 is 5.73 Å². The lowest BCUT2D eigenvalue weighted by atomic mass is 10.1. The second-order valence-electron chi connectivity index (χ2n) is 2.67. The molecule has 66 valence electrons. The summed E-state index contributed by atoms with van der Waals surface area (Å²) in [5.74, 6) is 0. The van der Waals surface area contributed by atoms with Crippen LogP contribution >= 0.6 is 27.5 Å². The van der Waals surface area contributed by atoms with Gasteiger partial charge in [0.25, 0.3) is 0 Å². The highest BCUT2D eigenvalue weighted by molar-refractivity contribution is 9.10. The molecule has 0 saturated heterocycles. The van der Waals surface area contributed by atoms with Crippen molar-refractivity contribution >= 4 is 44.0 Å². The monoisotopic (exact) mass is 256 g/mol. The Balaban J connectivity index is 3.00. The number of aromatic nitrogens is 1. The Morgan fingerprint density at radius 1 is 1.38 bits per heavy atom. The summed E-state index contributed by atoms with van der Waals surface area (Å²) >= 11 is 9.31. The highest BCUT2D eigenvalue weighted by Crippen LogP contribution is 2.31. The fraction of sp³-hybridized carbons (Fsp3) is 0.